The minimum atomic E-state index is -0.520. The van der Waals surface area contributed by atoms with Crippen LogP contribution >= 0.6 is 0 Å². The van der Waals surface area contributed by atoms with Crippen LogP contribution in [0.5, 0.6) is 0 Å². The highest BCUT2D eigenvalue weighted by atomic mass is 16.6. The third kappa shape index (κ3) is 6.79. The third-order valence-corrected chi connectivity index (χ3v) is 2.62. The molecule has 21 heavy (non-hydrogen) atoms. The highest BCUT2D eigenvalue weighted by molar-refractivity contribution is 5.93. The maximum atomic E-state index is 11.8. The Balaban J connectivity index is 2.47. The fourth-order valence-electron chi connectivity index (χ4n) is 1.69. The van der Waals surface area contributed by atoms with Gasteiger partial charge in [0.15, 0.2) is 0 Å². The number of nitrogens with zero attached hydrogens (tertiary/aromatic N) is 1. The number of benzene rings is 1. The minimum Gasteiger partial charge on any atom is -0.460 e. The van der Waals surface area contributed by atoms with Crippen LogP contribution in [-0.2, 0) is 14.3 Å². The molecule has 0 aliphatic heterocycles. The zero-order valence-corrected chi connectivity index (χ0v) is 13.4. The lowest BCUT2D eigenvalue weighted by molar-refractivity contribution is -0.155. The number of esters is 1. The van der Waals surface area contributed by atoms with Crippen molar-refractivity contribution in [2.24, 2.45) is 0 Å². The number of rotatable bonds is 5. The van der Waals surface area contributed by atoms with Gasteiger partial charge in [-0.25, -0.2) is 0 Å². The summed E-state index contributed by atoms with van der Waals surface area (Å²) in [5.41, 5.74) is 1.20. The summed E-state index contributed by atoms with van der Waals surface area (Å²) in [7, 11) is 3.87. The zero-order valence-electron chi connectivity index (χ0n) is 13.4. The van der Waals surface area contributed by atoms with Gasteiger partial charge in [-0.1, -0.05) is 6.07 Å². The van der Waals surface area contributed by atoms with Crippen LogP contribution in [0.4, 0.5) is 11.4 Å². The second-order valence-electron chi connectivity index (χ2n) is 6.08. The number of amides is 1. The van der Waals surface area contributed by atoms with Crippen LogP contribution in [0.15, 0.2) is 24.3 Å². The summed E-state index contributed by atoms with van der Waals surface area (Å²) >= 11 is 0. The topological polar surface area (TPSA) is 58.6 Å². The Morgan fingerprint density at radius 1 is 1.19 bits per heavy atom. The molecule has 0 radical (unpaired) electrons. The lowest BCUT2D eigenvalue weighted by atomic mass is 10.2. The van der Waals surface area contributed by atoms with Crippen molar-refractivity contribution in [3.05, 3.63) is 24.3 Å². The Labute approximate surface area is 126 Å². The lowest BCUT2D eigenvalue weighted by Crippen LogP contribution is -2.24. The van der Waals surface area contributed by atoms with Gasteiger partial charge in [0.25, 0.3) is 0 Å². The van der Waals surface area contributed by atoms with Gasteiger partial charge in [0, 0.05) is 31.9 Å². The Morgan fingerprint density at radius 3 is 2.43 bits per heavy atom. The van der Waals surface area contributed by atoms with Gasteiger partial charge in [-0.3, -0.25) is 9.59 Å². The summed E-state index contributed by atoms with van der Waals surface area (Å²) in [5, 5.41) is 2.78. The lowest BCUT2D eigenvalue weighted by Gasteiger charge is -2.19. The maximum absolute atomic E-state index is 11.8. The second kappa shape index (κ2) is 7.11. The molecule has 0 aromatic heterocycles. The Bertz CT molecular complexity index is 504. The summed E-state index contributed by atoms with van der Waals surface area (Å²) in [6.45, 7) is 5.41. The van der Waals surface area contributed by atoms with Crippen molar-refractivity contribution in [1.29, 1.82) is 0 Å². The molecule has 1 aromatic carbocycles. The molecule has 5 heteroatoms. The summed E-state index contributed by atoms with van der Waals surface area (Å²) < 4.78 is 5.16. The summed E-state index contributed by atoms with van der Waals surface area (Å²) in [4.78, 5) is 25.3. The van der Waals surface area contributed by atoms with Crippen LogP contribution in [0, 0.1) is 0 Å². The molecule has 0 bridgehead atoms. The average molecular weight is 292 g/mol. The largest absolute Gasteiger partial charge is 0.460 e. The molecular weight excluding hydrogens is 268 g/mol. The molecule has 0 fully saturated rings. The Kier molecular flexibility index (Phi) is 5.76. The van der Waals surface area contributed by atoms with Gasteiger partial charge in [0.1, 0.15) is 5.60 Å². The predicted molar refractivity (Wildman–Crippen MR) is 84.5 cm³/mol. The first-order chi connectivity index (χ1) is 9.67. The average Bonchev–Trinajstić information content (AvgIpc) is 2.34. The fraction of sp³-hybridized carbons (Fsp3) is 0.500. The molecule has 1 amide bonds. The van der Waals surface area contributed by atoms with E-state index in [1.54, 1.807) is 20.8 Å². The molecule has 0 spiro atoms. The molecule has 5 nitrogen and oxygen atoms in total. The fourth-order valence-corrected chi connectivity index (χ4v) is 1.69. The monoisotopic (exact) mass is 292 g/mol. The van der Waals surface area contributed by atoms with E-state index in [0.29, 0.717) is 0 Å². The SMILES string of the molecule is CN(C)c1cccc(NC(=O)CCC(=O)OC(C)(C)C)c1. The van der Waals surface area contributed by atoms with E-state index in [-0.39, 0.29) is 24.7 Å². The molecule has 0 atom stereocenters. The van der Waals surface area contributed by atoms with Crippen molar-refractivity contribution >= 4 is 23.3 Å². The summed E-state index contributed by atoms with van der Waals surface area (Å²) in [6, 6.07) is 7.53. The zero-order chi connectivity index (χ0) is 16.0. The molecule has 0 saturated heterocycles. The van der Waals surface area contributed by atoms with Crippen LogP contribution in [0.1, 0.15) is 33.6 Å². The Morgan fingerprint density at radius 2 is 1.86 bits per heavy atom. The second-order valence-corrected chi connectivity index (χ2v) is 6.08. The Hall–Kier alpha value is -2.04. The van der Waals surface area contributed by atoms with Crippen molar-refractivity contribution in [3.8, 4) is 0 Å². The van der Waals surface area contributed by atoms with Crippen molar-refractivity contribution in [2.45, 2.75) is 39.2 Å². The molecule has 0 unspecified atom stereocenters. The predicted octanol–water partition coefficient (Wildman–Crippen LogP) is 2.81. The van der Waals surface area contributed by atoms with E-state index in [1.165, 1.54) is 0 Å². The number of carbonyl (C=O) groups is 2. The highest BCUT2D eigenvalue weighted by Gasteiger charge is 2.17. The van der Waals surface area contributed by atoms with E-state index in [2.05, 4.69) is 5.32 Å². The first kappa shape index (κ1) is 17.0. The van der Waals surface area contributed by atoms with Crippen LogP contribution in [0.3, 0.4) is 0 Å². The van der Waals surface area contributed by atoms with Crippen molar-refractivity contribution in [2.75, 3.05) is 24.3 Å². The summed E-state index contributed by atoms with van der Waals surface area (Å²) in [5.74, 6) is -0.559. The highest BCUT2D eigenvalue weighted by Crippen LogP contribution is 2.17. The number of hydrogen-bond donors (Lipinski definition) is 1. The van der Waals surface area contributed by atoms with E-state index in [4.69, 9.17) is 4.74 Å². The number of nitrogens with one attached hydrogen (secondary N) is 1. The van der Waals surface area contributed by atoms with Crippen LogP contribution < -0.4 is 10.2 Å². The van der Waals surface area contributed by atoms with Gasteiger partial charge in [0.2, 0.25) is 5.91 Å². The molecular formula is C16H24N2O3. The minimum absolute atomic E-state index is 0.0798. The van der Waals surface area contributed by atoms with Crippen molar-refractivity contribution < 1.29 is 14.3 Å². The van der Waals surface area contributed by atoms with Gasteiger partial charge in [-0.05, 0) is 39.0 Å². The van der Waals surface area contributed by atoms with Crippen molar-refractivity contribution in [1.82, 2.24) is 0 Å². The van der Waals surface area contributed by atoms with E-state index in [9.17, 15) is 9.59 Å². The molecule has 0 aliphatic rings. The number of anilines is 2. The molecule has 1 rings (SSSR count). The maximum Gasteiger partial charge on any atom is 0.306 e. The quantitative estimate of drug-likeness (QED) is 0.848. The molecule has 116 valence electrons. The smallest absolute Gasteiger partial charge is 0.306 e. The molecule has 1 N–H and O–H groups in total. The molecule has 0 saturated carbocycles. The van der Waals surface area contributed by atoms with Crippen LogP contribution in [0.25, 0.3) is 0 Å². The third-order valence-electron chi connectivity index (χ3n) is 2.62. The van der Waals surface area contributed by atoms with Gasteiger partial charge < -0.3 is 15.0 Å². The number of ether oxygens (including phenoxy) is 1. The van der Waals surface area contributed by atoms with Gasteiger partial charge >= 0.3 is 5.97 Å². The normalized spacial score (nSPS) is 10.9. The number of carbonyl (C=O) groups excluding carboxylic acids is 2. The molecule has 0 aliphatic carbocycles. The van der Waals surface area contributed by atoms with E-state index >= 15 is 0 Å². The first-order valence-electron chi connectivity index (χ1n) is 6.96. The summed E-state index contributed by atoms with van der Waals surface area (Å²) in [6.07, 6.45) is 0.192. The number of hydrogen-bond acceptors (Lipinski definition) is 4. The van der Waals surface area contributed by atoms with Gasteiger partial charge in [0.05, 0.1) is 6.42 Å². The van der Waals surface area contributed by atoms with Crippen molar-refractivity contribution in [3.63, 3.8) is 0 Å². The van der Waals surface area contributed by atoms with Gasteiger partial charge in [-0.15, -0.1) is 0 Å². The van der Waals surface area contributed by atoms with Gasteiger partial charge in [-0.2, -0.15) is 0 Å². The molecule has 0 heterocycles. The first-order valence-corrected chi connectivity index (χ1v) is 6.96. The van der Waals surface area contributed by atoms with Crippen LogP contribution in [0.2, 0.25) is 0 Å². The van der Waals surface area contributed by atoms with E-state index in [0.717, 1.165) is 11.4 Å². The van der Waals surface area contributed by atoms with E-state index in [1.807, 2.05) is 43.3 Å². The van der Waals surface area contributed by atoms with E-state index < -0.39 is 5.60 Å². The standard InChI is InChI=1S/C16H24N2O3/c1-16(2,3)21-15(20)10-9-14(19)17-12-7-6-8-13(11-12)18(4)5/h6-8,11H,9-10H2,1-5H3,(H,17,19). The molecule has 1 aromatic rings. The van der Waals surface area contributed by atoms with Crippen LogP contribution in [-0.4, -0.2) is 31.6 Å².